The lowest BCUT2D eigenvalue weighted by atomic mass is 10.0. The van der Waals surface area contributed by atoms with Crippen LogP contribution >= 0.6 is 0 Å². The summed E-state index contributed by atoms with van der Waals surface area (Å²) in [5, 5.41) is 8.33. The van der Waals surface area contributed by atoms with Gasteiger partial charge in [-0.15, -0.1) is 5.26 Å². The van der Waals surface area contributed by atoms with E-state index in [9.17, 15) is 4.79 Å². The Labute approximate surface area is 110 Å². The molecule has 0 unspecified atom stereocenters. The maximum absolute atomic E-state index is 11.5. The third-order valence-electron chi connectivity index (χ3n) is 2.66. The van der Waals surface area contributed by atoms with Crippen molar-refractivity contribution in [3.8, 4) is 23.1 Å². The number of carbonyl (C=O) groups excluding carboxylic acids is 1. The Kier molecular flexibility index (Phi) is 3.79. The molecule has 0 amide bonds. The van der Waals surface area contributed by atoms with E-state index in [1.54, 1.807) is 18.2 Å². The van der Waals surface area contributed by atoms with Crippen LogP contribution in [0.1, 0.15) is 10.4 Å². The van der Waals surface area contributed by atoms with Gasteiger partial charge in [0.15, 0.2) is 0 Å². The van der Waals surface area contributed by atoms with Gasteiger partial charge in [-0.05, 0) is 23.8 Å². The molecule has 0 atom stereocenters. The van der Waals surface area contributed by atoms with Gasteiger partial charge in [-0.25, -0.2) is 4.79 Å². The van der Waals surface area contributed by atoms with E-state index in [-0.39, 0.29) is 5.56 Å². The highest BCUT2D eigenvalue weighted by molar-refractivity contribution is 5.91. The molecule has 0 spiro atoms. The summed E-state index contributed by atoms with van der Waals surface area (Å²) in [7, 11) is 1.53. The minimum Gasteiger partial charge on any atom is -0.496 e. The van der Waals surface area contributed by atoms with Crippen molar-refractivity contribution in [3.63, 3.8) is 0 Å². The average Bonchev–Trinajstić information content (AvgIpc) is 2.47. The number of hydrogen-bond acceptors (Lipinski definition) is 4. The summed E-state index contributed by atoms with van der Waals surface area (Å²) in [5.41, 5.74) is 2.13. The highest BCUT2D eigenvalue weighted by Gasteiger charge is 2.12. The van der Waals surface area contributed by atoms with Crippen LogP contribution in [-0.4, -0.2) is 13.1 Å². The van der Waals surface area contributed by atoms with E-state index in [4.69, 9.17) is 10.00 Å². The van der Waals surface area contributed by atoms with Crippen molar-refractivity contribution < 1.29 is 14.3 Å². The normalized spacial score (nSPS) is 9.47. The largest absolute Gasteiger partial charge is 0.496 e. The molecule has 4 nitrogen and oxygen atoms in total. The lowest BCUT2D eigenvalue weighted by Gasteiger charge is -2.09. The summed E-state index contributed by atoms with van der Waals surface area (Å²) in [6.45, 7) is 0. The number of hydrogen-bond donors (Lipinski definition) is 0. The Bertz CT molecular complexity index is 630. The summed E-state index contributed by atoms with van der Waals surface area (Å²) in [5.74, 6) is -0.140. The van der Waals surface area contributed by atoms with Crippen LogP contribution in [0.4, 0.5) is 0 Å². The number of methoxy groups -OCH3 is 1. The topological polar surface area (TPSA) is 59.3 Å². The van der Waals surface area contributed by atoms with Gasteiger partial charge < -0.3 is 9.47 Å². The van der Waals surface area contributed by atoms with E-state index >= 15 is 0 Å². The maximum Gasteiger partial charge on any atom is 0.353 e. The molecule has 0 fully saturated rings. The van der Waals surface area contributed by atoms with Crippen molar-refractivity contribution >= 4 is 5.97 Å². The van der Waals surface area contributed by atoms with Gasteiger partial charge in [-0.1, -0.05) is 30.3 Å². The minimum absolute atomic E-state index is 0.276. The summed E-state index contributed by atoms with van der Waals surface area (Å²) in [4.78, 5) is 11.5. The van der Waals surface area contributed by atoms with Gasteiger partial charge >= 0.3 is 5.97 Å². The molecule has 0 heterocycles. The second-order valence-corrected chi connectivity index (χ2v) is 3.76. The van der Waals surface area contributed by atoms with E-state index in [0.717, 1.165) is 11.1 Å². The highest BCUT2D eigenvalue weighted by atomic mass is 16.5. The third kappa shape index (κ3) is 2.72. The third-order valence-corrected chi connectivity index (χ3v) is 2.66. The maximum atomic E-state index is 11.5. The Morgan fingerprint density at radius 2 is 1.89 bits per heavy atom. The standard InChI is InChI=1S/C15H11NO3/c1-18-14-9-12(15(17)19-10-16)7-8-13(14)11-5-3-2-4-6-11/h2-9H,1H3. The number of nitriles is 1. The monoisotopic (exact) mass is 253 g/mol. The molecule has 0 bridgehead atoms. The van der Waals surface area contributed by atoms with Crippen molar-refractivity contribution in [1.29, 1.82) is 5.26 Å². The second kappa shape index (κ2) is 5.69. The van der Waals surface area contributed by atoms with E-state index in [1.165, 1.54) is 13.4 Å². The van der Waals surface area contributed by atoms with Crippen molar-refractivity contribution in [3.05, 3.63) is 54.1 Å². The van der Waals surface area contributed by atoms with Gasteiger partial charge in [0.05, 0.1) is 12.7 Å². The van der Waals surface area contributed by atoms with Crippen LogP contribution in [0.15, 0.2) is 48.5 Å². The lowest BCUT2D eigenvalue weighted by Crippen LogP contribution is -2.01. The van der Waals surface area contributed by atoms with Gasteiger partial charge in [-0.3, -0.25) is 0 Å². The second-order valence-electron chi connectivity index (χ2n) is 3.76. The molecule has 0 N–H and O–H groups in total. The Hall–Kier alpha value is -2.80. The zero-order valence-electron chi connectivity index (χ0n) is 10.3. The molecular formula is C15H11NO3. The van der Waals surface area contributed by atoms with E-state index in [1.807, 2.05) is 30.3 Å². The van der Waals surface area contributed by atoms with Gasteiger partial charge in [0.2, 0.25) is 0 Å². The van der Waals surface area contributed by atoms with Crippen LogP contribution in [-0.2, 0) is 4.74 Å². The molecule has 0 aliphatic heterocycles. The Morgan fingerprint density at radius 3 is 2.53 bits per heavy atom. The number of nitrogens with zero attached hydrogens (tertiary/aromatic N) is 1. The highest BCUT2D eigenvalue weighted by Crippen LogP contribution is 2.30. The van der Waals surface area contributed by atoms with Crippen LogP contribution < -0.4 is 4.74 Å². The van der Waals surface area contributed by atoms with Crippen LogP contribution in [0.5, 0.6) is 5.75 Å². The van der Waals surface area contributed by atoms with Crippen LogP contribution in [0.3, 0.4) is 0 Å². The predicted octanol–water partition coefficient (Wildman–Crippen LogP) is 3.00. The number of benzene rings is 2. The first-order chi connectivity index (χ1) is 9.26. The molecule has 4 heteroatoms. The molecule has 0 saturated heterocycles. The first kappa shape index (κ1) is 12.7. The SMILES string of the molecule is COc1cc(C(=O)OC#N)ccc1-c1ccccc1. The fourth-order valence-electron chi connectivity index (χ4n) is 1.77. The molecule has 2 aromatic carbocycles. The Balaban J connectivity index is 2.43. The summed E-state index contributed by atoms with van der Waals surface area (Å²) >= 11 is 0. The zero-order valence-corrected chi connectivity index (χ0v) is 10.3. The van der Waals surface area contributed by atoms with Crippen molar-refractivity contribution in [2.24, 2.45) is 0 Å². The van der Waals surface area contributed by atoms with Gasteiger partial charge in [-0.2, -0.15) is 0 Å². The van der Waals surface area contributed by atoms with Gasteiger partial charge in [0.1, 0.15) is 5.75 Å². The van der Waals surface area contributed by atoms with Gasteiger partial charge in [0, 0.05) is 5.56 Å². The van der Waals surface area contributed by atoms with Crippen molar-refractivity contribution in [2.45, 2.75) is 0 Å². The summed E-state index contributed by atoms with van der Waals surface area (Å²) in [6.07, 6.45) is 1.36. The quantitative estimate of drug-likeness (QED) is 0.623. The Morgan fingerprint density at radius 1 is 1.16 bits per heavy atom. The molecule has 0 radical (unpaired) electrons. The van der Waals surface area contributed by atoms with E-state index < -0.39 is 5.97 Å². The number of carbonyl (C=O) groups is 1. The molecular weight excluding hydrogens is 242 g/mol. The number of rotatable bonds is 3. The minimum atomic E-state index is -0.694. The first-order valence-electron chi connectivity index (χ1n) is 5.60. The van der Waals surface area contributed by atoms with E-state index in [0.29, 0.717) is 5.75 Å². The summed E-state index contributed by atoms with van der Waals surface area (Å²) in [6, 6.07) is 14.6. The molecule has 2 aromatic rings. The van der Waals surface area contributed by atoms with Crippen molar-refractivity contribution in [2.75, 3.05) is 7.11 Å². The molecule has 0 aliphatic rings. The lowest BCUT2D eigenvalue weighted by molar-refractivity contribution is 0.0685. The molecule has 94 valence electrons. The van der Waals surface area contributed by atoms with Gasteiger partial charge in [0.25, 0.3) is 6.26 Å². The average molecular weight is 253 g/mol. The summed E-state index contributed by atoms with van der Waals surface area (Å²) < 4.78 is 9.56. The van der Waals surface area contributed by atoms with Crippen LogP contribution in [0.25, 0.3) is 11.1 Å². The predicted molar refractivity (Wildman–Crippen MR) is 69.5 cm³/mol. The molecule has 2 rings (SSSR count). The van der Waals surface area contributed by atoms with Crippen LogP contribution in [0, 0.1) is 11.5 Å². The number of esters is 1. The molecule has 0 aromatic heterocycles. The van der Waals surface area contributed by atoms with E-state index in [2.05, 4.69) is 4.74 Å². The molecule has 0 aliphatic carbocycles. The molecule has 19 heavy (non-hydrogen) atoms. The van der Waals surface area contributed by atoms with Crippen molar-refractivity contribution in [1.82, 2.24) is 0 Å². The number of ether oxygens (including phenoxy) is 2. The van der Waals surface area contributed by atoms with Crippen LogP contribution in [0.2, 0.25) is 0 Å². The molecule has 0 saturated carbocycles. The smallest absolute Gasteiger partial charge is 0.353 e. The fraction of sp³-hybridized carbons (Fsp3) is 0.0667. The zero-order chi connectivity index (χ0) is 13.7. The fourth-order valence-corrected chi connectivity index (χ4v) is 1.77. The first-order valence-corrected chi connectivity index (χ1v) is 5.60.